The summed E-state index contributed by atoms with van der Waals surface area (Å²) in [5.74, 6) is 1.45. The van der Waals surface area contributed by atoms with Crippen LogP contribution < -0.4 is 10.1 Å². The van der Waals surface area contributed by atoms with Gasteiger partial charge in [-0.05, 0) is 43.0 Å². The summed E-state index contributed by atoms with van der Waals surface area (Å²) >= 11 is 0. The highest BCUT2D eigenvalue weighted by molar-refractivity contribution is 5.95. The molecular weight excluding hydrogens is 342 g/mol. The summed E-state index contributed by atoms with van der Waals surface area (Å²) < 4.78 is 5.18. The van der Waals surface area contributed by atoms with Crippen LogP contribution in [-0.4, -0.2) is 60.9 Å². The first-order chi connectivity index (χ1) is 13.1. The number of methoxy groups -OCH3 is 1. The van der Waals surface area contributed by atoms with Gasteiger partial charge in [-0.3, -0.25) is 14.5 Å². The minimum absolute atomic E-state index is 0.0716. The number of ether oxygens (including phenoxy) is 1. The number of nitrogens with one attached hydrogen (secondary N) is 1. The van der Waals surface area contributed by atoms with Crippen molar-refractivity contribution in [3.8, 4) is 5.75 Å². The van der Waals surface area contributed by atoms with Crippen molar-refractivity contribution >= 4 is 17.5 Å². The van der Waals surface area contributed by atoms with Gasteiger partial charge in [0.25, 0.3) is 0 Å². The van der Waals surface area contributed by atoms with Crippen LogP contribution in [0.4, 0.5) is 5.69 Å². The van der Waals surface area contributed by atoms with Gasteiger partial charge in [0.2, 0.25) is 11.8 Å². The van der Waals surface area contributed by atoms with E-state index in [1.54, 1.807) is 7.11 Å². The Bertz CT molecular complexity index is 633. The smallest absolute Gasteiger partial charge is 0.242 e. The molecule has 27 heavy (non-hydrogen) atoms. The number of hydrogen-bond acceptors (Lipinski definition) is 4. The molecular formula is C21H31N3O3. The number of anilines is 1. The second kappa shape index (κ2) is 9.22. The highest BCUT2D eigenvalue weighted by Gasteiger charge is 2.37. The average molecular weight is 373 g/mol. The molecule has 1 atom stereocenters. The highest BCUT2D eigenvalue weighted by atomic mass is 16.5. The monoisotopic (exact) mass is 373 g/mol. The Hall–Kier alpha value is -2.08. The van der Waals surface area contributed by atoms with Crippen molar-refractivity contribution in [1.29, 1.82) is 0 Å². The molecule has 2 amide bonds. The van der Waals surface area contributed by atoms with E-state index in [1.807, 2.05) is 36.1 Å². The maximum atomic E-state index is 13.2. The molecule has 6 nitrogen and oxygen atoms in total. The molecule has 1 saturated heterocycles. The predicted molar refractivity (Wildman–Crippen MR) is 106 cm³/mol. The van der Waals surface area contributed by atoms with Crippen molar-refractivity contribution in [2.45, 2.75) is 45.1 Å². The summed E-state index contributed by atoms with van der Waals surface area (Å²) in [6.07, 6.45) is 5.16. The minimum atomic E-state index is -0.117. The lowest BCUT2D eigenvalue weighted by atomic mass is 9.95. The van der Waals surface area contributed by atoms with Gasteiger partial charge in [0.1, 0.15) is 5.75 Å². The Morgan fingerprint density at radius 1 is 1.11 bits per heavy atom. The lowest BCUT2D eigenvalue weighted by molar-refractivity contribution is -0.134. The van der Waals surface area contributed by atoms with Crippen LogP contribution in [-0.2, 0) is 9.59 Å². The third-order valence-corrected chi connectivity index (χ3v) is 5.84. The number of amides is 2. The summed E-state index contributed by atoms with van der Waals surface area (Å²) in [4.78, 5) is 29.3. The van der Waals surface area contributed by atoms with Gasteiger partial charge in [-0.25, -0.2) is 0 Å². The molecule has 3 rings (SSSR count). The molecule has 2 fully saturated rings. The Balaban J connectivity index is 1.67. The second-order valence-corrected chi connectivity index (χ2v) is 7.48. The fraction of sp³-hybridized carbons (Fsp3) is 0.619. The van der Waals surface area contributed by atoms with Crippen LogP contribution in [0.5, 0.6) is 5.75 Å². The lowest BCUT2D eigenvalue weighted by Gasteiger charge is -2.40. The molecule has 1 aromatic carbocycles. The number of piperazine rings is 1. The van der Waals surface area contributed by atoms with Crippen molar-refractivity contribution in [2.24, 2.45) is 5.92 Å². The van der Waals surface area contributed by atoms with Crippen molar-refractivity contribution in [3.63, 3.8) is 0 Å². The second-order valence-electron chi connectivity index (χ2n) is 7.48. The SMILES string of the molecule is CCC(=O)N1CCN([C@H](C(=O)Nc2ccc(OC)cc2)C2CCCC2)CC1. The number of carbonyl (C=O) groups is 2. The zero-order chi connectivity index (χ0) is 19.2. The van der Waals surface area contributed by atoms with Gasteiger partial charge < -0.3 is 15.0 Å². The normalized spacial score (nSPS) is 19.7. The summed E-state index contributed by atoms with van der Waals surface area (Å²) in [7, 11) is 1.63. The standard InChI is InChI=1S/C21H31N3O3/c1-3-19(25)23-12-14-24(15-13-23)20(16-6-4-5-7-16)21(26)22-17-8-10-18(27-2)11-9-17/h8-11,16,20H,3-7,12-15H2,1-2H3,(H,22,26)/t20-/m0/s1. The number of carbonyl (C=O) groups excluding carboxylic acids is 2. The van der Waals surface area contributed by atoms with Gasteiger partial charge in [0, 0.05) is 38.3 Å². The van der Waals surface area contributed by atoms with E-state index in [4.69, 9.17) is 4.74 Å². The van der Waals surface area contributed by atoms with Gasteiger partial charge in [-0.2, -0.15) is 0 Å². The largest absolute Gasteiger partial charge is 0.497 e. The molecule has 2 aliphatic rings. The zero-order valence-corrected chi connectivity index (χ0v) is 16.4. The maximum absolute atomic E-state index is 13.2. The summed E-state index contributed by atoms with van der Waals surface area (Å²) in [5.41, 5.74) is 0.795. The Kier molecular flexibility index (Phi) is 6.72. The van der Waals surface area contributed by atoms with Crippen molar-refractivity contribution in [1.82, 2.24) is 9.80 Å². The van der Waals surface area contributed by atoms with Crippen molar-refractivity contribution in [3.05, 3.63) is 24.3 Å². The van der Waals surface area contributed by atoms with Crippen LogP contribution >= 0.6 is 0 Å². The molecule has 1 aliphatic carbocycles. The number of nitrogens with zero attached hydrogens (tertiary/aromatic N) is 2. The molecule has 0 aromatic heterocycles. The molecule has 0 spiro atoms. The van der Waals surface area contributed by atoms with E-state index in [9.17, 15) is 9.59 Å². The highest BCUT2D eigenvalue weighted by Crippen LogP contribution is 2.31. The molecule has 1 saturated carbocycles. The van der Waals surface area contributed by atoms with Gasteiger partial charge in [0.15, 0.2) is 0 Å². The third-order valence-electron chi connectivity index (χ3n) is 5.84. The summed E-state index contributed by atoms with van der Waals surface area (Å²) in [6, 6.07) is 7.35. The Morgan fingerprint density at radius 2 is 1.74 bits per heavy atom. The molecule has 1 aliphatic heterocycles. The van der Waals surface area contributed by atoms with Gasteiger partial charge in [0.05, 0.1) is 13.2 Å². The predicted octanol–water partition coefficient (Wildman–Crippen LogP) is 2.75. The molecule has 1 aromatic rings. The van der Waals surface area contributed by atoms with Gasteiger partial charge >= 0.3 is 0 Å². The molecule has 1 N–H and O–H groups in total. The molecule has 6 heteroatoms. The fourth-order valence-electron chi connectivity index (χ4n) is 4.31. The first kappa shape index (κ1) is 19.7. The molecule has 0 radical (unpaired) electrons. The van der Waals surface area contributed by atoms with Crippen molar-refractivity contribution < 1.29 is 14.3 Å². The first-order valence-electron chi connectivity index (χ1n) is 10.1. The van der Waals surface area contributed by atoms with E-state index in [1.165, 1.54) is 12.8 Å². The first-order valence-corrected chi connectivity index (χ1v) is 10.1. The van der Waals surface area contributed by atoms with E-state index >= 15 is 0 Å². The van der Waals surface area contributed by atoms with Crippen LogP contribution in [0.3, 0.4) is 0 Å². The lowest BCUT2D eigenvalue weighted by Crippen LogP contribution is -2.56. The Labute approximate surface area is 161 Å². The fourth-order valence-corrected chi connectivity index (χ4v) is 4.31. The number of rotatable bonds is 6. The Morgan fingerprint density at radius 3 is 2.30 bits per heavy atom. The maximum Gasteiger partial charge on any atom is 0.242 e. The molecule has 0 bridgehead atoms. The molecule has 148 valence electrons. The number of hydrogen-bond donors (Lipinski definition) is 1. The van der Waals surface area contributed by atoms with Gasteiger partial charge in [-0.15, -0.1) is 0 Å². The van der Waals surface area contributed by atoms with Gasteiger partial charge in [-0.1, -0.05) is 19.8 Å². The van der Waals surface area contributed by atoms with E-state index in [-0.39, 0.29) is 17.9 Å². The van der Waals surface area contributed by atoms with Crippen LogP contribution in [0.2, 0.25) is 0 Å². The number of benzene rings is 1. The minimum Gasteiger partial charge on any atom is -0.497 e. The van der Waals surface area contributed by atoms with Crippen LogP contribution in [0.1, 0.15) is 39.0 Å². The van der Waals surface area contributed by atoms with Crippen LogP contribution in [0.15, 0.2) is 24.3 Å². The quantitative estimate of drug-likeness (QED) is 0.833. The van der Waals surface area contributed by atoms with Crippen molar-refractivity contribution in [2.75, 3.05) is 38.6 Å². The van der Waals surface area contributed by atoms with E-state index in [0.29, 0.717) is 25.4 Å². The average Bonchev–Trinajstić information content (AvgIpc) is 3.23. The van der Waals surface area contributed by atoms with E-state index < -0.39 is 0 Å². The molecule has 1 heterocycles. The topological polar surface area (TPSA) is 61.9 Å². The zero-order valence-electron chi connectivity index (χ0n) is 16.4. The van der Waals surface area contributed by atoms with E-state index in [2.05, 4.69) is 10.2 Å². The summed E-state index contributed by atoms with van der Waals surface area (Å²) in [6.45, 7) is 4.86. The van der Waals surface area contributed by atoms with Crippen LogP contribution in [0, 0.1) is 5.92 Å². The van der Waals surface area contributed by atoms with Crippen LogP contribution in [0.25, 0.3) is 0 Å². The van der Waals surface area contributed by atoms with E-state index in [0.717, 1.165) is 37.4 Å². The molecule has 0 unspecified atom stereocenters. The summed E-state index contributed by atoms with van der Waals surface area (Å²) in [5, 5.41) is 3.10. The third kappa shape index (κ3) is 4.80.